The van der Waals surface area contributed by atoms with Gasteiger partial charge in [-0.15, -0.1) is 0 Å². The van der Waals surface area contributed by atoms with E-state index in [9.17, 15) is 4.79 Å². The van der Waals surface area contributed by atoms with Gasteiger partial charge in [0, 0.05) is 10.7 Å². The summed E-state index contributed by atoms with van der Waals surface area (Å²) in [5.41, 5.74) is 2.12. The Morgan fingerprint density at radius 3 is 2.52 bits per heavy atom. The maximum Gasteiger partial charge on any atom is 0.323 e. The fourth-order valence-corrected chi connectivity index (χ4v) is 2.04. The molecule has 2 aromatic carbocycles. The van der Waals surface area contributed by atoms with Crippen LogP contribution in [0.3, 0.4) is 0 Å². The first-order chi connectivity index (χ1) is 10.1. The lowest BCUT2D eigenvalue weighted by molar-refractivity contribution is 0.262. The Balaban J connectivity index is 2.10. The summed E-state index contributed by atoms with van der Waals surface area (Å²) in [5, 5.41) is 6.16. The maximum atomic E-state index is 12.1. The normalized spacial score (nSPS) is 10.0. The molecule has 0 saturated heterocycles. The predicted molar refractivity (Wildman–Crippen MR) is 86.4 cm³/mol. The minimum Gasteiger partial charge on any atom is -0.492 e. The average molecular weight is 305 g/mol. The molecular formula is C16H17ClN2O2. The van der Waals surface area contributed by atoms with Gasteiger partial charge in [0.15, 0.2) is 0 Å². The number of para-hydroxylation sites is 2. The van der Waals surface area contributed by atoms with Gasteiger partial charge in [-0.05, 0) is 43.7 Å². The number of carbonyl (C=O) groups is 1. The van der Waals surface area contributed by atoms with E-state index in [1.807, 2.05) is 32.0 Å². The van der Waals surface area contributed by atoms with E-state index in [-0.39, 0.29) is 6.03 Å². The summed E-state index contributed by atoms with van der Waals surface area (Å²) in [5.74, 6) is 0.637. The number of hydrogen-bond acceptors (Lipinski definition) is 2. The van der Waals surface area contributed by atoms with Gasteiger partial charge in [-0.3, -0.25) is 0 Å². The lowest BCUT2D eigenvalue weighted by Gasteiger charge is -2.13. The van der Waals surface area contributed by atoms with Crippen molar-refractivity contribution in [3.05, 3.63) is 53.1 Å². The minimum absolute atomic E-state index is 0.340. The molecule has 5 heteroatoms. The molecule has 0 aliphatic heterocycles. The van der Waals surface area contributed by atoms with Crippen molar-refractivity contribution in [3.8, 4) is 5.75 Å². The number of hydrogen-bond donors (Lipinski definition) is 2. The maximum absolute atomic E-state index is 12.1. The first-order valence-electron chi connectivity index (χ1n) is 6.66. The fraction of sp³-hybridized carbons (Fsp3) is 0.188. The lowest BCUT2D eigenvalue weighted by atomic mass is 10.2. The number of carbonyl (C=O) groups excluding carboxylic acids is 1. The molecule has 0 radical (unpaired) electrons. The number of ether oxygens (including phenoxy) is 1. The molecule has 110 valence electrons. The number of nitrogens with one attached hydrogen (secondary N) is 2. The van der Waals surface area contributed by atoms with Gasteiger partial charge in [0.2, 0.25) is 0 Å². The van der Waals surface area contributed by atoms with Gasteiger partial charge in [-0.2, -0.15) is 0 Å². The van der Waals surface area contributed by atoms with E-state index in [0.717, 1.165) is 5.56 Å². The molecule has 4 nitrogen and oxygen atoms in total. The average Bonchev–Trinajstić information content (AvgIpc) is 2.46. The molecule has 0 bridgehead atoms. The number of amides is 2. The van der Waals surface area contributed by atoms with Crippen LogP contribution in [0, 0.1) is 6.92 Å². The van der Waals surface area contributed by atoms with Gasteiger partial charge in [-0.1, -0.05) is 29.8 Å². The topological polar surface area (TPSA) is 50.4 Å². The van der Waals surface area contributed by atoms with Crippen LogP contribution < -0.4 is 15.4 Å². The van der Waals surface area contributed by atoms with E-state index in [0.29, 0.717) is 28.8 Å². The fourth-order valence-electron chi connectivity index (χ4n) is 1.87. The molecule has 2 amide bonds. The Morgan fingerprint density at radius 1 is 1.10 bits per heavy atom. The van der Waals surface area contributed by atoms with Crippen LogP contribution in [-0.2, 0) is 0 Å². The van der Waals surface area contributed by atoms with Gasteiger partial charge in [0.1, 0.15) is 5.75 Å². The summed E-state index contributed by atoms with van der Waals surface area (Å²) in [7, 11) is 0. The van der Waals surface area contributed by atoms with E-state index in [4.69, 9.17) is 16.3 Å². The van der Waals surface area contributed by atoms with Crippen molar-refractivity contribution >= 4 is 29.0 Å². The number of halogens is 1. The summed E-state index contributed by atoms with van der Waals surface area (Å²) >= 11 is 6.03. The third-order valence-electron chi connectivity index (χ3n) is 2.95. The Morgan fingerprint density at radius 2 is 1.76 bits per heavy atom. The third kappa shape index (κ3) is 3.89. The SMILES string of the molecule is CCOc1ccccc1NC(=O)Nc1cccc(Cl)c1C. The van der Waals surface area contributed by atoms with Crippen molar-refractivity contribution in [2.45, 2.75) is 13.8 Å². The molecule has 21 heavy (non-hydrogen) atoms. The molecule has 0 fully saturated rings. The van der Waals surface area contributed by atoms with E-state index in [1.54, 1.807) is 24.3 Å². The van der Waals surface area contributed by atoms with E-state index < -0.39 is 0 Å². The largest absolute Gasteiger partial charge is 0.492 e. The van der Waals surface area contributed by atoms with E-state index >= 15 is 0 Å². The highest BCUT2D eigenvalue weighted by Crippen LogP contribution is 2.25. The van der Waals surface area contributed by atoms with Crippen molar-refractivity contribution in [2.75, 3.05) is 17.2 Å². The van der Waals surface area contributed by atoms with Crippen molar-refractivity contribution in [3.63, 3.8) is 0 Å². The Hall–Kier alpha value is -2.20. The summed E-state index contributed by atoms with van der Waals surface area (Å²) in [6.07, 6.45) is 0. The number of benzene rings is 2. The van der Waals surface area contributed by atoms with Crippen LogP contribution in [0.5, 0.6) is 5.75 Å². The Kier molecular flexibility index (Phi) is 5.06. The first kappa shape index (κ1) is 15.2. The van der Waals surface area contributed by atoms with Gasteiger partial charge in [0.25, 0.3) is 0 Å². The lowest BCUT2D eigenvalue weighted by Crippen LogP contribution is -2.20. The zero-order valence-corrected chi connectivity index (χ0v) is 12.7. The van der Waals surface area contributed by atoms with Crippen LogP contribution in [0.15, 0.2) is 42.5 Å². The molecule has 2 aromatic rings. The van der Waals surface area contributed by atoms with Crippen LogP contribution in [-0.4, -0.2) is 12.6 Å². The minimum atomic E-state index is -0.340. The number of rotatable bonds is 4. The van der Waals surface area contributed by atoms with Crippen molar-refractivity contribution in [1.82, 2.24) is 0 Å². The highest BCUT2D eigenvalue weighted by molar-refractivity contribution is 6.31. The molecule has 2 rings (SSSR count). The molecule has 0 heterocycles. The zero-order valence-electron chi connectivity index (χ0n) is 11.9. The van der Waals surface area contributed by atoms with Gasteiger partial charge in [-0.25, -0.2) is 4.79 Å². The summed E-state index contributed by atoms with van der Waals surface area (Å²) in [6, 6.07) is 12.3. The summed E-state index contributed by atoms with van der Waals surface area (Å²) < 4.78 is 5.47. The second-order valence-electron chi connectivity index (χ2n) is 4.42. The quantitative estimate of drug-likeness (QED) is 0.861. The highest BCUT2D eigenvalue weighted by atomic mass is 35.5. The Labute approximate surface area is 129 Å². The third-order valence-corrected chi connectivity index (χ3v) is 3.36. The van der Waals surface area contributed by atoms with Gasteiger partial charge < -0.3 is 15.4 Å². The molecule has 0 spiro atoms. The van der Waals surface area contributed by atoms with Crippen molar-refractivity contribution < 1.29 is 9.53 Å². The number of anilines is 2. The first-order valence-corrected chi connectivity index (χ1v) is 7.04. The monoisotopic (exact) mass is 304 g/mol. The second-order valence-corrected chi connectivity index (χ2v) is 4.83. The van der Waals surface area contributed by atoms with E-state index in [2.05, 4.69) is 10.6 Å². The summed E-state index contributed by atoms with van der Waals surface area (Å²) in [6.45, 7) is 4.28. The molecule has 0 aliphatic carbocycles. The molecular weight excluding hydrogens is 288 g/mol. The van der Waals surface area contributed by atoms with Gasteiger partial charge >= 0.3 is 6.03 Å². The van der Waals surface area contributed by atoms with Crippen LogP contribution in [0.1, 0.15) is 12.5 Å². The molecule has 0 saturated carbocycles. The standard InChI is InChI=1S/C16H17ClN2O2/c1-3-21-15-10-5-4-8-14(15)19-16(20)18-13-9-6-7-12(17)11(13)2/h4-10H,3H2,1-2H3,(H2,18,19,20). The smallest absolute Gasteiger partial charge is 0.323 e. The Bertz CT molecular complexity index is 644. The summed E-state index contributed by atoms with van der Waals surface area (Å²) in [4.78, 5) is 12.1. The highest BCUT2D eigenvalue weighted by Gasteiger charge is 2.09. The molecule has 2 N–H and O–H groups in total. The van der Waals surface area contributed by atoms with Crippen LogP contribution >= 0.6 is 11.6 Å². The van der Waals surface area contributed by atoms with Crippen LogP contribution in [0.4, 0.5) is 16.2 Å². The van der Waals surface area contributed by atoms with Crippen molar-refractivity contribution in [2.24, 2.45) is 0 Å². The van der Waals surface area contributed by atoms with Crippen molar-refractivity contribution in [1.29, 1.82) is 0 Å². The molecule has 0 atom stereocenters. The molecule has 0 unspecified atom stereocenters. The van der Waals surface area contributed by atoms with Gasteiger partial charge in [0.05, 0.1) is 12.3 Å². The predicted octanol–water partition coefficient (Wildman–Crippen LogP) is 4.69. The molecule has 0 aliphatic rings. The second kappa shape index (κ2) is 6.99. The van der Waals surface area contributed by atoms with Crippen LogP contribution in [0.25, 0.3) is 0 Å². The number of urea groups is 1. The van der Waals surface area contributed by atoms with Crippen LogP contribution in [0.2, 0.25) is 5.02 Å². The zero-order chi connectivity index (χ0) is 15.2. The van der Waals surface area contributed by atoms with E-state index in [1.165, 1.54) is 0 Å². The molecule has 0 aromatic heterocycles.